The molecule has 0 saturated carbocycles. The van der Waals surface area contributed by atoms with Crippen LogP contribution in [0.4, 0.5) is 0 Å². The maximum absolute atomic E-state index is 10.7. The van der Waals surface area contributed by atoms with Crippen molar-refractivity contribution < 1.29 is 15.4 Å². The number of nitrogens with one attached hydrogen (secondary N) is 1. The minimum Gasteiger partial charge on any atom is -0.478 e. The fourth-order valence-electron chi connectivity index (χ4n) is 1.14. The van der Waals surface area contributed by atoms with Crippen molar-refractivity contribution >= 4 is 5.97 Å². The van der Waals surface area contributed by atoms with Crippen LogP contribution in [0.5, 0.6) is 0 Å². The summed E-state index contributed by atoms with van der Waals surface area (Å²) in [6.07, 6.45) is 1.38. The van der Waals surface area contributed by atoms with Crippen LogP contribution >= 0.6 is 0 Å². The Bertz CT molecular complexity index is 453. The molecule has 0 spiro atoms. The van der Waals surface area contributed by atoms with Gasteiger partial charge in [-0.05, 0) is 12.1 Å². The Hall–Kier alpha value is -2.21. The van der Waals surface area contributed by atoms with Crippen LogP contribution in [-0.2, 0) is 0 Å². The maximum atomic E-state index is 10.7. The molecule has 2 rings (SSSR count). The molecule has 15 heavy (non-hydrogen) atoms. The van der Waals surface area contributed by atoms with Crippen molar-refractivity contribution in [2.75, 3.05) is 0 Å². The monoisotopic (exact) mass is 207 g/mol. The normalized spacial score (nSPS) is 9.33. The van der Waals surface area contributed by atoms with Crippen molar-refractivity contribution in [3.8, 4) is 11.4 Å². The molecule has 0 aliphatic heterocycles. The van der Waals surface area contributed by atoms with Gasteiger partial charge in [0.15, 0.2) is 5.82 Å². The molecule has 0 unspecified atom stereocenters. The molecule has 6 heteroatoms. The zero-order chi connectivity index (χ0) is 9.97. The summed E-state index contributed by atoms with van der Waals surface area (Å²) in [6.45, 7) is 0. The largest absolute Gasteiger partial charge is 0.478 e. The van der Waals surface area contributed by atoms with E-state index in [1.807, 2.05) is 0 Å². The quantitative estimate of drug-likeness (QED) is 0.739. The van der Waals surface area contributed by atoms with Crippen LogP contribution < -0.4 is 0 Å². The van der Waals surface area contributed by atoms with Crippen molar-refractivity contribution in [3.05, 3.63) is 36.2 Å². The van der Waals surface area contributed by atoms with Crippen LogP contribution in [0.15, 0.2) is 30.6 Å². The molecule has 0 bridgehead atoms. The third kappa shape index (κ3) is 2.18. The molecular weight excluding hydrogens is 198 g/mol. The number of aromatic amines is 1. The Morgan fingerprint density at radius 3 is 2.80 bits per heavy atom. The summed E-state index contributed by atoms with van der Waals surface area (Å²) in [5.41, 5.74) is 0.946. The number of nitrogens with zero attached hydrogens (tertiary/aromatic N) is 2. The first kappa shape index (κ1) is 10.9. The molecule has 0 atom stereocenters. The number of hydrogen-bond acceptors (Lipinski definition) is 3. The molecule has 0 aliphatic rings. The Kier molecular flexibility index (Phi) is 3.14. The second kappa shape index (κ2) is 4.34. The summed E-state index contributed by atoms with van der Waals surface area (Å²) in [4.78, 5) is 14.6. The lowest BCUT2D eigenvalue weighted by atomic mass is 10.1. The van der Waals surface area contributed by atoms with Crippen molar-refractivity contribution in [1.29, 1.82) is 0 Å². The fourth-order valence-corrected chi connectivity index (χ4v) is 1.14. The highest BCUT2D eigenvalue weighted by Crippen LogP contribution is 2.14. The minimum atomic E-state index is -0.952. The molecule has 1 heterocycles. The third-order valence-electron chi connectivity index (χ3n) is 1.80. The number of aromatic carboxylic acids is 1. The number of H-pyrrole nitrogens is 1. The molecule has 0 saturated heterocycles. The van der Waals surface area contributed by atoms with Crippen LogP contribution in [0, 0.1) is 0 Å². The number of hydrogen-bond donors (Lipinski definition) is 2. The van der Waals surface area contributed by atoms with Crippen LogP contribution in [0.2, 0.25) is 0 Å². The van der Waals surface area contributed by atoms with Crippen molar-refractivity contribution in [2.24, 2.45) is 0 Å². The first-order chi connectivity index (χ1) is 6.77. The van der Waals surface area contributed by atoms with Crippen molar-refractivity contribution in [2.45, 2.75) is 0 Å². The number of rotatable bonds is 2. The Morgan fingerprint density at radius 2 is 2.20 bits per heavy atom. The van der Waals surface area contributed by atoms with Gasteiger partial charge in [0.2, 0.25) is 0 Å². The van der Waals surface area contributed by atoms with Crippen LogP contribution in [0.1, 0.15) is 10.4 Å². The van der Waals surface area contributed by atoms with Crippen LogP contribution in [0.25, 0.3) is 11.4 Å². The highest BCUT2D eigenvalue weighted by atomic mass is 16.4. The number of benzene rings is 1. The molecule has 0 aliphatic carbocycles. The van der Waals surface area contributed by atoms with Gasteiger partial charge in [0.25, 0.3) is 0 Å². The molecule has 1 aromatic heterocycles. The second-order valence-electron chi connectivity index (χ2n) is 2.72. The molecule has 0 radical (unpaired) electrons. The molecule has 2 aromatic rings. The molecule has 4 N–H and O–H groups in total. The summed E-state index contributed by atoms with van der Waals surface area (Å²) >= 11 is 0. The standard InChI is InChI=1S/C9H7N3O2.H2O/c13-9(14)7-3-1-2-6(4-7)8-10-5-11-12-8;/h1-5H,(H,13,14)(H,10,11,12);1H2. The van der Waals surface area contributed by atoms with Gasteiger partial charge in [-0.3, -0.25) is 5.10 Å². The van der Waals surface area contributed by atoms with Crippen LogP contribution in [0.3, 0.4) is 0 Å². The number of carboxylic acid groups (broad SMARTS) is 1. The third-order valence-corrected chi connectivity index (χ3v) is 1.80. The van der Waals surface area contributed by atoms with Gasteiger partial charge in [0, 0.05) is 5.56 Å². The Balaban J connectivity index is 0.00000112. The van der Waals surface area contributed by atoms with E-state index in [-0.39, 0.29) is 11.0 Å². The zero-order valence-electron chi connectivity index (χ0n) is 7.64. The van der Waals surface area contributed by atoms with Gasteiger partial charge in [-0.2, -0.15) is 5.10 Å². The fraction of sp³-hybridized carbons (Fsp3) is 0. The van der Waals surface area contributed by atoms with E-state index < -0.39 is 5.97 Å². The van der Waals surface area contributed by atoms with E-state index in [2.05, 4.69) is 15.2 Å². The highest BCUT2D eigenvalue weighted by Gasteiger charge is 2.05. The van der Waals surface area contributed by atoms with E-state index in [9.17, 15) is 4.79 Å². The molecule has 78 valence electrons. The average molecular weight is 207 g/mol. The molecule has 0 amide bonds. The topological polar surface area (TPSA) is 110 Å². The summed E-state index contributed by atoms with van der Waals surface area (Å²) in [5.74, 6) is -0.389. The number of aromatic nitrogens is 3. The molecule has 0 fully saturated rings. The summed E-state index contributed by atoms with van der Waals surface area (Å²) < 4.78 is 0. The minimum absolute atomic E-state index is 0. The lowest BCUT2D eigenvalue weighted by molar-refractivity contribution is 0.0697. The number of carboxylic acids is 1. The molecule has 1 aromatic carbocycles. The van der Waals surface area contributed by atoms with E-state index in [0.29, 0.717) is 11.4 Å². The SMILES string of the molecule is O.O=C(O)c1cccc(-c2ncn[nH]2)c1. The van der Waals surface area contributed by atoms with Crippen molar-refractivity contribution in [3.63, 3.8) is 0 Å². The number of carbonyl (C=O) groups is 1. The Labute approximate surface area is 84.9 Å². The van der Waals surface area contributed by atoms with Gasteiger partial charge in [-0.1, -0.05) is 12.1 Å². The van der Waals surface area contributed by atoms with E-state index in [1.165, 1.54) is 12.4 Å². The van der Waals surface area contributed by atoms with Gasteiger partial charge in [-0.15, -0.1) is 0 Å². The lowest BCUT2D eigenvalue weighted by Gasteiger charge is -1.97. The Morgan fingerprint density at radius 1 is 1.40 bits per heavy atom. The summed E-state index contributed by atoms with van der Waals surface area (Å²) in [6, 6.07) is 6.51. The smallest absolute Gasteiger partial charge is 0.335 e. The summed E-state index contributed by atoms with van der Waals surface area (Å²) in [5, 5.41) is 15.1. The van der Waals surface area contributed by atoms with Crippen molar-refractivity contribution in [1.82, 2.24) is 15.2 Å². The van der Waals surface area contributed by atoms with Gasteiger partial charge < -0.3 is 10.6 Å². The zero-order valence-corrected chi connectivity index (χ0v) is 7.64. The van der Waals surface area contributed by atoms with Gasteiger partial charge >= 0.3 is 5.97 Å². The van der Waals surface area contributed by atoms with E-state index in [4.69, 9.17) is 5.11 Å². The maximum Gasteiger partial charge on any atom is 0.335 e. The average Bonchev–Trinajstić information content (AvgIpc) is 2.71. The summed E-state index contributed by atoms with van der Waals surface area (Å²) in [7, 11) is 0. The predicted octanol–water partition coefficient (Wildman–Crippen LogP) is 0.345. The second-order valence-corrected chi connectivity index (χ2v) is 2.72. The molecule has 6 nitrogen and oxygen atoms in total. The van der Waals surface area contributed by atoms with Gasteiger partial charge in [0.1, 0.15) is 6.33 Å². The van der Waals surface area contributed by atoms with Gasteiger partial charge in [0.05, 0.1) is 5.56 Å². The van der Waals surface area contributed by atoms with Gasteiger partial charge in [-0.25, -0.2) is 9.78 Å². The van der Waals surface area contributed by atoms with E-state index >= 15 is 0 Å². The van der Waals surface area contributed by atoms with E-state index in [0.717, 1.165) is 0 Å². The predicted molar refractivity (Wildman–Crippen MR) is 52.4 cm³/mol. The van der Waals surface area contributed by atoms with E-state index in [1.54, 1.807) is 18.2 Å². The lowest BCUT2D eigenvalue weighted by Crippen LogP contribution is -1.96. The van der Waals surface area contributed by atoms with Crippen LogP contribution in [-0.4, -0.2) is 31.7 Å². The highest BCUT2D eigenvalue weighted by molar-refractivity contribution is 5.88. The first-order valence-electron chi connectivity index (χ1n) is 3.96. The molecular formula is C9H9N3O3. The first-order valence-corrected chi connectivity index (χ1v) is 3.96.